The first kappa shape index (κ1) is 26.6. The van der Waals surface area contributed by atoms with Gasteiger partial charge in [-0.2, -0.15) is 5.10 Å². The molecule has 2 aromatic carbocycles. The van der Waals surface area contributed by atoms with Crippen molar-refractivity contribution in [2.45, 2.75) is 51.0 Å². The smallest absolute Gasteiger partial charge is 0.305 e. The Balaban J connectivity index is 1.98. The van der Waals surface area contributed by atoms with Crippen molar-refractivity contribution in [2.75, 3.05) is 19.4 Å². The van der Waals surface area contributed by atoms with Crippen LogP contribution < -0.4 is 10.5 Å². The van der Waals surface area contributed by atoms with E-state index in [1.54, 1.807) is 16.8 Å². The van der Waals surface area contributed by atoms with Gasteiger partial charge in [0.25, 0.3) is 0 Å². The maximum Gasteiger partial charge on any atom is 0.354 e. The molecule has 1 unspecified atom stereocenters. The molecule has 0 radical (unpaired) electrons. The van der Waals surface area contributed by atoms with Crippen LogP contribution in [-0.4, -0.2) is 39.0 Å². The second-order valence-electron chi connectivity index (χ2n) is 9.69. The van der Waals surface area contributed by atoms with E-state index < -0.39 is 15.9 Å². The molecular formula is C26H36N6O2S. The highest BCUT2D eigenvalue weighted by atomic mass is 32.2. The van der Waals surface area contributed by atoms with Gasteiger partial charge in [0.2, 0.25) is 0 Å². The van der Waals surface area contributed by atoms with E-state index >= 15 is 0 Å². The molecule has 0 aliphatic carbocycles. The normalized spacial score (nSPS) is 13.3. The van der Waals surface area contributed by atoms with Gasteiger partial charge in [0.15, 0.2) is 0 Å². The number of nitrogens with two attached hydrogens (primary N) is 1. The fourth-order valence-electron chi connectivity index (χ4n) is 3.92. The van der Waals surface area contributed by atoms with Crippen LogP contribution in [0.15, 0.2) is 57.9 Å². The molecule has 0 aliphatic heterocycles. The summed E-state index contributed by atoms with van der Waals surface area (Å²) in [6, 6.07) is 12.3. The van der Waals surface area contributed by atoms with Crippen LogP contribution >= 0.6 is 0 Å². The summed E-state index contributed by atoms with van der Waals surface area (Å²) in [6.45, 7) is 9.01. The van der Waals surface area contributed by atoms with E-state index in [-0.39, 0.29) is 11.8 Å². The third-order valence-electron chi connectivity index (χ3n) is 5.66. The minimum absolute atomic E-state index is 0.123. The molecule has 0 saturated heterocycles. The van der Waals surface area contributed by atoms with Crippen LogP contribution in [0.4, 0.5) is 10.5 Å². The predicted octanol–water partition coefficient (Wildman–Crippen LogP) is 5.33. The van der Waals surface area contributed by atoms with Crippen LogP contribution in [0.1, 0.15) is 56.2 Å². The Bertz CT molecular complexity index is 1290. The lowest BCUT2D eigenvalue weighted by Crippen LogP contribution is -2.19. The molecule has 1 atom stereocenters. The molecule has 0 bridgehead atoms. The molecule has 0 saturated carbocycles. The van der Waals surface area contributed by atoms with Crippen molar-refractivity contribution in [3.05, 3.63) is 65.4 Å². The van der Waals surface area contributed by atoms with E-state index in [1.807, 2.05) is 62.6 Å². The van der Waals surface area contributed by atoms with Crippen molar-refractivity contribution in [1.29, 1.82) is 0 Å². The Morgan fingerprint density at radius 3 is 2.11 bits per heavy atom. The number of benzene rings is 2. The van der Waals surface area contributed by atoms with Gasteiger partial charge in [0, 0.05) is 31.0 Å². The van der Waals surface area contributed by atoms with Gasteiger partial charge in [-0.25, -0.2) is 14.1 Å². The number of rotatable bonds is 7. The van der Waals surface area contributed by atoms with Crippen LogP contribution in [0, 0.1) is 0 Å². The Kier molecular flexibility index (Phi) is 8.15. The molecule has 0 aliphatic rings. The summed E-state index contributed by atoms with van der Waals surface area (Å²) in [4.78, 5) is 15.3. The van der Waals surface area contributed by atoms with Crippen LogP contribution in [0.5, 0.6) is 0 Å². The van der Waals surface area contributed by atoms with Gasteiger partial charge >= 0.3 is 6.03 Å². The average molecular weight is 497 g/mol. The first-order valence-corrected chi connectivity index (χ1v) is 13.2. The van der Waals surface area contributed by atoms with Gasteiger partial charge in [0.1, 0.15) is 9.92 Å². The van der Waals surface area contributed by atoms with E-state index in [2.05, 4.69) is 42.5 Å². The molecule has 3 rings (SSSR count). The second-order valence-corrected chi connectivity index (χ2v) is 11.5. The maximum absolute atomic E-state index is 13.1. The van der Waals surface area contributed by atoms with Gasteiger partial charge < -0.3 is 10.2 Å². The fourth-order valence-corrected chi connectivity index (χ4v) is 4.84. The molecule has 35 heavy (non-hydrogen) atoms. The number of carbonyl (C=O) groups excluding carboxylic acids is 1. The fraction of sp³-hybridized carbons (Fsp3) is 0.385. The summed E-state index contributed by atoms with van der Waals surface area (Å²) in [5.41, 5.74) is 5.48. The van der Waals surface area contributed by atoms with E-state index in [1.165, 1.54) is 0 Å². The van der Waals surface area contributed by atoms with E-state index in [0.29, 0.717) is 10.6 Å². The number of hydrogen-bond donors (Lipinski definition) is 2. The second kappa shape index (κ2) is 10.7. The summed E-state index contributed by atoms with van der Waals surface area (Å²) in [6.07, 6.45) is 1.90. The van der Waals surface area contributed by atoms with Crippen molar-refractivity contribution in [2.24, 2.45) is 16.5 Å². The molecule has 9 heteroatoms. The number of aryl methyl sites for hydroxylation is 1. The maximum atomic E-state index is 13.1. The first-order valence-electron chi connectivity index (χ1n) is 11.6. The van der Waals surface area contributed by atoms with Gasteiger partial charge in [-0.15, -0.1) is 4.36 Å². The zero-order valence-corrected chi connectivity index (χ0v) is 22.4. The molecule has 1 aromatic heterocycles. The largest absolute Gasteiger partial charge is 0.354 e. The summed E-state index contributed by atoms with van der Waals surface area (Å²) >= 11 is 0. The molecule has 1 heterocycles. The van der Waals surface area contributed by atoms with Crippen molar-refractivity contribution < 1.29 is 9.00 Å². The van der Waals surface area contributed by atoms with E-state index in [9.17, 15) is 9.00 Å². The van der Waals surface area contributed by atoms with Crippen molar-refractivity contribution in [3.8, 4) is 11.3 Å². The lowest BCUT2D eigenvalue weighted by atomic mass is 9.89. The Morgan fingerprint density at radius 1 is 1.09 bits per heavy atom. The Hall–Kier alpha value is -3.01. The minimum Gasteiger partial charge on any atom is -0.305 e. The number of anilines is 1. The SMILES string of the molecule is CC(C)c1cc(-c2ccn(C)n2)cc(C(C)C)c1NC(=O)N=S(N)(=O)c1ccc(CN(C)C)cc1. The molecule has 3 N–H and O–H groups in total. The molecule has 0 spiro atoms. The van der Waals surface area contributed by atoms with Crippen LogP contribution in [0.2, 0.25) is 0 Å². The van der Waals surface area contributed by atoms with Gasteiger partial charge in [-0.1, -0.05) is 39.8 Å². The van der Waals surface area contributed by atoms with Gasteiger partial charge in [0.05, 0.1) is 10.6 Å². The third kappa shape index (κ3) is 6.56. The van der Waals surface area contributed by atoms with E-state index in [0.717, 1.165) is 34.5 Å². The number of amides is 2. The average Bonchev–Trinajstić information content (AvgIpc) is 3.19. The Labute approximate surface area is 208 Å². The van der Waals surface area contributed by atoms with Crippen molar-refractivity contribution >= 4 is 21.6 Å². The monoisotopic (exact) mass is 496 g/mol. The highest BCUT2D eigenvalue weighted by Crippen LogP contribution is 2.37. The third-order valence-corrected chi connectivity index (χ3v) is 7.05. The Morgan fingerprint density at radius 2 is 1.66 bits per heavy atom. The van der Waals surface area contributed by atoms with Crippen molar-refractivity contribution in [3.63, 3.8) is 0 Å². The number of carbonyl (C=O) groups is 1. The molecule has 8 nitrogen and oxygen atoms in total. The van der Waals surface area contributed by atoms with Crippen LogP contribution in [0.3, 0.4) is 0 Å². The predicted molar refractivity (Wildman–Crippen MR) is 143 cm³/mol. The summed E-state index contributed by atoms with van der Waals surface area (Å²) < 4.78 is 18.8. The molecule has 3 aromatic rings. The zero-order valence-electron chi connectivity index (χ0n) is 21.6. The highest BCUT2D eigenvalue weighted by molar-refractivity contribution is 7.91. The molecule has 2 amide bonds. The highest BCUT2D eigenvalue weighted by Gasteiger charge is 2.20. The van der Waals surface area contributed by atoms with Gasteiger partial charge in [-0.05, 0) is 73.0 Å². The lowest BCUT2D eigenvalue weighted by molar-refractivity contribution is 0.260. The number of nitrogens with zero attached hydrogens (tertiary/aromatic N) is 4. The van der Waals surface area contributed by atoms with Crippen LogP contribution in [0.25, 0.3) is 11.3 Å². The number of aromatic nitrogens is 2. The molecule has 188 valence electrons. The summed E-state index contributed by atoms with van der Waals surface area (Å²) in [5, 5.41) is 13.4. The summed E-state index contributed by atoms with van der Waals surface area (Å²) in [7, 11) is 2.42. The molecule has 0 fully saturated rings. The van der Waals surface area contributed by atoms with Crippen molar-refractivity contribution in [1.82, 2.24) is 14.7 Å². The zero-order chi connectivity index (χ0) is 25.9. The minimum atomic E-state index is -3.40. The number of nitrogens with one attached hydrogen (secondary N) is 1. The summed E-state index contributed by atoms with van der Waals surface area (Å²) in [5.74, 6) is 0.246. The lowest BCUT2D eigenvalue weighted by Gasteiger charge is -2.21. The topological polar surface area (TPSA) is 106 Å². The van der Waals surface area contributed by atoms with Crippen LogP contribution in [-0.2, 0) is 23.5 Å². The molecular weight excluding hydrogens is 460 g/mol. The number of hydrogen-bond acceptors (Lipinski definition) is 4. The van der Waals surface area contributed by atoms with E-state index in [4.69, 9.17) is 5.14 Å². The quantitative estimate of drug-likeness (QED) is 0.461. The standard InChI is InChI=1S/C26H36N6O2S/c1-17(2)22-14-20(24-12-13-32(7)29-24)15-23(18(3)4)25(22)28-26(33)30-35(27,34)21-10-8-19(9-11-21)16-31(5)6/h8-15,17-18H,16H2,1-7H3,(H3,27,28,30,33,34). The van der Waals surface area contributed by atoms with Gasteiger partial charge in [-0.3, -0.25) is 4.68 Å². The first-order chi connectivity index (χ1) is 16.4. The number of urea groups is 1.